The summed E-state index contributed by atoms with van der Waals surface area (Å²) >= 11 is 1.57. The Hall–Kier alpha value is -1.70. The van der Waals surface area contributed by atoms with E-state index in [2.05, 4.69) is 10.0 Å². The van der Waals surface area contributed by atoms with Gasteiger partial charge in [-0.1, -0.05) is 12.1 Å². The van der Waals surface area contributed by atoms with Gasteiger partial charge < -0.3 is 5.32 Å². The first-order valence-electron chi connectivity index (χ1n) is 7.63. The van der Waals surface area contributed by atoms with Crippen molar-refractivity contribution in [1.29, 1.82) is 0 Å². The van der Waals surface area contributed by atoms with Crippen LogP contribution >= 0.6 is 11.3 Å². The maximum Gasteiger partial charge on any atom is 0.252 e. The first kappa shape index (κ1) is 18.6. The van der Waals surface area contributed by atoms with Gasteiger partial charge in [0.2, 0.25) is 10.0 Å². The Morgan fingerprint density at radius 1 is 1.08 bits per heavy atom. The topological polar surface area (TPSA) is 75.3 Å². The average Bonchev–Trinajstić information content (AvgIpc) is 2.84. The molecule has 0 radical (unpaired) electrons. The van der Waals surface area contributed by atoms with Gasteiger partial charge in [-0.2, -0.15) is 0 Å². The average molecular weight is 367 g/mol. The van der Waals surface area contributed by atoms with E-state index >= 15 is 0 Å². The molecule has 0 aliphatic carbocycles. The van der Waals surface area contributed by atoms with Crippen molar-refractivity contribution in [2.75, 3.05) is 13.1 Å². The van der Waals surface area contributed by atoms with Crippen LogP contribution in [0.4, 0.5) is 0 Å². The molecule has 2 rings (SSSR count). The summed E-state index contributed by atoms with van der Waals surface area (Å²) in [7, 11) is -3.58. The van der Waals surface area contributed by atoms with Crippen molar-refractivity contribution in [3.05, 3.63) is 50.7 Å². The van der Waals surface area contributed by atoms with Crippen molar-refractivity contribution in [1.82, 2.24) is 10.0 Å². The lowest BCUT2D eigenvalue weighted by Crippen LogP contribution is -2.35. The third-order valence-corrected chi connectivity index (χ3v) is 6.19. The van der Waals surface area contributed by atoms with Crippen LogP contribution < -0.4 is 10.0 Å². The van der Waals surface area contributed by atoms with Gasteiger partial charge in [0.15, 0.2) is 0 Å². The predicted molar refractivity (Wildman–Crippen MR) is 97.2 cm³/mol. The number of sulfonamides is 1. The van der Waals surface area contributed by atoms with Crippen LogP contribution in [0.5, 0.6) is 0 Å². The Morgan fingerprint density at radius 3 is 2.42 bits per heavy atom. The van der Waals surface area contributed by atoms with Gasteiger partial charge in [-0.3, -0.25) is 4.79 Å². The summed E-state index contributed by atoms with van der Waals surface area (Å²) in [6, 6.07) is 7.15. The minimum absolute atomic E-state index is 0.142. The molecule has 7 heteroatoms. The van der Waals surface area contributed by atoms with Crippen molar-refractivity contribution < 1.29 is 13.2 Å². The van der Waals surface area contributed by atoms with Crippen molar-refractivity contribution in [2.45, 2.75) is 32.6 Å². The van der Waals surface area contributed by atoms with Crippen molar-refractivity contribution in [3.8, 4) is 0 Å². The Labute approximate surface area is 147 Å². The summed E-state index contributed by atoms with van der Waals surface area (Å²) in [6.07, 6.45) is 0. The minimum Gasteiger partial charge on any atom is -0.351 e. The van der Waals surface area contributed by atoms with Crippen LogP contribution in [0.1, 0.15) is 31.2 Å². The lowest BCUT2D eigenvalue weighted by atomic mass is 10.2. The van der Waals surface area contributed by atoms with E-state index in [9.17, 15) is 13.2 Å². The molecule has 130 valence electrons. The highest BCUT2D eigenvalue weighted by atomic mass is 32.2. The third-order valence-electron chi connectivity index (χ3n) is 3.62. The Morgan fingerprint density at radius 2 is 1.79 bits per heavy atom. The van der Waals surface area contributed by atoms with Crippen LogP contribution in [0.2, 0.25) is 0 Å². The third kappa shape index (κ3) is 4.43. The quantitative estimate of drug-likeness (QED) is 0.772. The van der Waals surface area contributed by atoms with E-state index in [1.165, 1.54) is 0 Å². The number of thiophene rings is 1. The second kappa shape index (κ2) is 7.46. The van der Waals surface area contributed by atoms with Crippen molar-refractivity contribution in [2.24, 2.45) is 0 Å². The molecule has 0 aliphatic heterocycles. The molecular weight excluding hydrogens is 344 g/mol. The van der Waals surface area contributed by atoms with Gasteiger partial charge in [-0.15, -0.1) is 11.3 Å². The van der Waals surface area contributed by atoms with Gasteiger partial charge in [0, 0.05) is 22.8 Å². The van der Waals surface area contributed by atoms with Crippen LogP contribution in [0, 0.1) is 27.7 Å². The van der Waals surface area contributed by atoms with Gasteiger partial charge >= 0.3 is 0 Å². The number of rotatable bonds is 6. The summed E-state index contributed by atoms with van der Waals surface area (Å²) in [6.45, 7) is 7.84. The fraction of sp³-hybridized carbons (Fsp3) is 0.353. The van der Waals surface area contributed by atoms with Crippen LogP contribution in [0.25, 0.3) is 0 Å². The second-order valence-corrected chi connectivity index (χ2v) is 8.95. The predicted octanol–water partition coefficient (Wildman–Crippen LogP) is 2.69. The van der Waals surface area contributed by atoms with Gasteiger partial charge in [0.1, 0.15) is 0 Å². The monoisotopic (exact) mass is 366 g/mol. The lowest BCUT2D eigenvalue weighted by Gasteiger charge is -2.10. The summed E-state index contributed by atoms with van der Waals surface area (Å²) in [4.78, 5) is 14.4. The molecule has 0 aliphatic rings. The molecule has 0 bridgehead atoms. The largest absolute Gasteiger partial charge is 0.351 e. The summed E-state index contributed by atoms with van der Waals surface area (Å²) < 4.78 is 27.2. The van der Waals surface area contributed by atoms with Crippen LogP contribution in [0.15, 0.2) is 29.2 Å². The molecule has 24 heavy (non-hydrogen) atoms. The zero-order chi connectivity index (χ0) is 17.9. The SMILES string of the molecule is Cc1ccc(C)c(S(=O)(=O)NCCNC(=O)c2cc(C)sc2C)c1. The number of aryl methyl sites for hydroxylation is 4. The Bertz CT molecular complexity index is 855. The van der Waals surface area contributed by atoms with E-state index in [1.54, 1.807) is 30.4 Å². The second-order valence-electron chi connectivity index (χ2n) is 5.75. The molecule has 0 saturated carbocycles. The maximum atomic E-state index is 12.4. The number of hydrogen-bond donors (Lipinski definition) is 2. The molecule has 1 aromatic carbocycles. The molecule has 5 nitrogen and oxygen atoms in total. The first-order chi connectivity index (χ1) is 11.2. The number of hydrogen-bond acceptors (Lipinski definition) is 4. The fourth-order valence-corrected chi connectivity index (χ4v) is 4.67. The molecule has 1 amide bonds. The number of carbonyl (C=O) groups is 1. The first-order valence-corrected chi connectivity index (χ1v) is 9.93. The highest BCUT2D eigenvalue weighted by Gasteiger charge is 2.17. The van der Waals surface area contributed by atoms with Crippen LogP contribution in [0.3, 0.4) is 0 Å². The Kier molecular flexibility index (Phi) is 5.79. The van der Waals surface area contributed by atoms with Crippen molar-refractivity contribution in [3.63, 3.8) is 0 Å². The van der Waals surface area contributed by atoms with Gasteiger partial charge in [0.25, 0.3) is 5.91 Å². The molecule has 0 fully saturated rings. The summed E-state index contributed by atoms with van der Waals surface area (Å²) in [5.74, 6) is -0.178. The van der Waals surface area contributed by atoms with Crippen LogP contribution in [-0.4, -0.2) is 27.4 Å². The maximum absolute atomic E-state index is 12.4. The molecular formula is C17H22N2O3S2. The zero-order valence-corrected chi connectivity index (χ0v) is 15.9. The highest BCUT2D eigenvalue weighted by Crippen LogP contribution is 2.20. The zero-order valence-electron chi connectivity index (χ0n) is 14.3. The van der Waals surface area contributed by atoms with Gasteiger partial charge in [-0.25, -0.2) is 13.1 Å². The molecule has 1 heterocycles. The lowest BCUT2D eigenvalue weighted by molar-refractivity contribution is 0.0954. The van der Waals surface area contributed by atoms with Gasteiger partial charge in [0.05, 0.1) is 10.5 Å². The normalized spacial score (nSPS) is 11.5. The number of nitrogens with one attached hydrogen (secondary N) is 2. The molecule has 0 atom stereocenters. The summed E-state index contributed by atoms with van der Waals surface area (Å²) in [5, 5.41) is 2.74. The van der Waals surface area contributed by atoms with E-state index in [0.717, 1.165) is 15.3 Å². The molecule has 0 spiro atoms. The molecule has 2 aromatic rings. The standard InChI is InChI=1S/C17H22N2O3S2/c1-11-5-6-12(2)16(9-11)24(21,22)19-8-7-18-17(20)15-10-13(3)23-14(15)4/h5-6,9-10,19H,7-8H2,1-4H3,(H,18,20). The molecule has 0 unspecified atom stereocenters. The van der Waals surface area contributed by atoms with Crippen LogP contribution in [-0.2, 0) is 10.0 Å². The number of amides is 1. The van der Waals surface area contributed by atoms with E-state index in [1.807, 2.05) is 32.9 Å². The molecule has 2 N–H and O–H groups in total. The highest BCUT2D eigenvalue weighted by molar-refractivity contribution is 7.89. The number of benzene rings is 1. The van der Waals surface area contributed by atoms with E-state index in [-0.39, 0.29) is 23.9 Å². The van der Waals surface area contributed by atoms with E-state index < -0.39 is 10.0 Å². The number of carbonyl (C=O) groups excluding carboxylic acids is 1. The Balaban J connectivity index is 1.93. The fourth-order valence-electron chi connectivity index (χ4n) is 2.39. The minimum atomic E-state index is -3.58. The van der Waals surface area contributed by atoms with Crippen molar-refractivity contribution >= 4 is 27.3 Å². The van der Waals surface area contributed by atoms with Gasteiger partial charge in [-0.05, 0) is 51.0 Å². The van der Waals surface area contributed by atoms with E-state index in [4.69, 9.17) is 0 Å². The smallest absolute Gasteiger partial charge is 0.252 e. The molecule has 0 saturated heterocycles. The summed E-state index contributed by atoms with van der Waals surface area (Å²) in [5.41, 5.74) is 2.23. The molecule has 1 aromatic heterocycles. The van der Waals surface area contributed by atoms with E-state index in [0.29, 0.717) is 11.1 Å².